The first-order valence-corrected chi connectivity index (χ1v) is 11.0. The molecule has 0 spiro atoms. The van der Waals surface area contributed by atoms with Gasteiger partial charge in [0.2, 0.25) is 0 Å². The quantitative estimate of drug-likeness (QED) is 0.691. The van der Waals surface area contributed by atoms with Crippen LogP contribution in [0.1, 0.15) is 72.1 Å². The fraction of sp³-hybridized carbons (Fsp3) is 0.826. The number of carboxylic acids is 2. The number of ether oxygens (including phenoxy) is 1. The van der Waals surface area contributed by atoms with Crippen LogP contribution < -0.4 is 0 Å². The van der Waals surface area contributed by atoms with Crippen molar-refractivity contribution in [1.82, 2.24) is 0 Å². The Kier molecular flexibility index (Phi) is 3.74. The molecule has 0 aromatic heterocycles. The molecule has 5 heteroatoms. The zero-order valence-corrected chi connectivity index (χ0v) is 17.2. The first-order valence-electron chi connectivity index (χ1n) is 11.0. The summed E-state index contributed by atoms with van der Waals surface area (Å²) in [6.07, 6.45) is 7.13. The van der Waals surface area contributed by atoms with Gasteiger partial charge in [0.1, 0.15) is 0 Å². The molecule has 5 rings (SSSR count). The number of fused-ring (bicyclic) bond motifs is 8. The van der Waals surface area contributed by atoms with Gasteiger partial charge in [-0.1, -0.05) is 20.3 Å². The van der Waals surface area contributed by atoms with Crippen LogP contribution in [0.2, 0.25) is 0 Å². The molecule has 3 fully saturated rings. The van der Waals surface area contributed by atoms with Crippen LogP contribution in [0.15, 0.2) is 11.1 Å². The first-order chi connectivity index (χ1) is 13.1. The largest absolute Gasteiger partial charge is 0.481 e. The maximum Gasteiger partial charge on any atom is 0.309 e. The van der Waals surface area contributed by atoms with Gasteiger partial charge in [-0.3, -0.25) is 9.59 Å². The van der Waals surface area contributed by atoms with E-state index in [-0.39, 0.29) is 34.9 Å². The smallest absolute Gasteiger partial charge is 0.309 e. The van der Waals surface area contributed by atoms with Gasteiger partial charge in [-0.2, -0.15) is 0 Å². The van der Waals surface area contributed by atoms with Crippen molar-refractivity contribution in [2.45, 2.75) is 84.3 Å². The molecule has 28 heavy (non-hydrogen) atoms. The Balaban J connectivity index is 1.55. The van der Waals surface area contributed by atoms with E-state index in [1.165, 1.54) is 11.1 Å². The predicted octanol–water partition coefficient (Wildman–Crippen LogP) is 4.26. The molecule has 3 unspecified atom stereocenters. The van der Waals surface area contributed by atoms with Crippen molar-refractivity contribution in [3.05, 3.63) is 11.1 Å². The number of rotatable bonds is 2. The zero-order chi connectivity index (χ0) is 20.1. The van der Waals surface area contributed by atoms with Crippen molar-refractivity contribution < 1.29 is 24.5 Å². The fourth-order valence-corrected chi connectivity index (χ4v) is 8.65. The van der Waals surface area contributed by atoms with E-state index >= 15 is 0 Å². The molecular weight excluding hydrogens is 356 g/mol. The van der Waals surface area contributed by atoms with Crippen molar-refractivity contribution in [1.29, 1.82) is 0 Å². The average Bonchev–Trinajstić information content (AvgIpc) is 3.20. The summed E-state index contributed by atoms with van der Waals surface area (Å²) in [5.41, 5.74) is 2.13. The van der Waals surface area contributed by atoms with Gasteiger partial charge < -0.3 is 14.9 Å². The van der Waals surface area contributed by atoms with Gasteiger partial charge in [0, 0.05) is 0 Å². The standard InChI is InChI=1S/C23H32O5/c1-21-8-4-9-23(3,20(26)27)16(21)7-10-22(2)15(21)6-5-12-17(22)14-11-13(19(24)25)18(12)28-14/h13-16,18H,4-11H2,1-3H3,(H,24,25)(H,26,27)/t13-,14+,15?,16?,18-,21+,22+,23?/m0/s1. The van der Waals surface area contributed by atoms with Gasteiger partial charge in [-0.25, -0.2) is 0 Å². The highest BCUT2D eigenvalue weighted by atomic mass is 16.5. The van der Waals surface area contributed by atoms with E-state index < -0.39 is 17.4 Å². The summed E-state index contributed by atoms with van der Waals surface area (Å²) in [5.74, 6) is -1.07. The normalized spacial score (nSPS) is 52.0. The van der Waals surface area contributed by atoms with E-state index in [4.69, 9.17) is 4.74 Å². The van der Waals surface area contributed by atoms with Crippen molar-refractivity contribution >= 4 is 11.9 Å². The molecule has 5 nitrogen and oxygen atoms in total. The zero-order valence-electron chi connectivity index (χ0n) is 17.2. The minimum absolute atomic E-state index is 0.0263. The third-order valence-corrected chi connectivity index (χ3v) is 9.77. The number of hydrogen-bond donors (Lipinski definition) is 2. The van der Waals surface area contributed by atoms with E-state index in [1.807, 2.05) is 6.92 Å². The maximum absolute atomic E-state index is 12.2. The Bertz CT molecular complexity index is 786. The van der Waals surface area contributed by atoms with E-state index in [2.05, 4.69) is 13.8 Å². The molecule has 2 bridgehead atoms. The van der Waals surface area contributed by atoms with Gasteiger partial charge in [0.05, 0.1) is 23.5 Å². The highest BCUT2D eigenvalue weighted by Gasteiger charge is 2.66. The Morgan fingerprint density at radius 3 is 2.46 bits per heavy atom. The molecule has 0 radical (unpaired) electrons. The molecule has 2 heterocycles. The molecule has 2 N–H and O–H groups in total. The summed E-state index contributed by atoms with van der Waals surface area (Å²) < 4.78 is 6.21. The van der Waals surface area contributed by atoms with E-state index in [0.29, 0.717) is 12.3 Å². The summed E-state index contributed by atoms with van der Waals surface area (Å²) >= 11 is 0. The summed E-state index contributed by atoms with van der Waals surface area (Å²) in [6.45, 7) is 6.71. The molecule has 5 aliphatic rings. The fourth-order valence-electron chi connectivity index (χ4n) is 8.65. The molecule has 0 aromatic carbocycles. The van der Waals surface area contributed by atoms with E-state index in [9.17, 15) is 19.8 Å². The number of hydrogen-bond acceptors (Lipinski definition) is 3. The first kappa shape index (κ1) is 18.7. The summed E-state index contributed by atoms with van der Waals surface area (Å²) in [7, 11) is 0. The summed E-state index contributed by atoms with van der Waals surface area (Å²) in [4.78, 5) is 23.9. The molecule has 0 amide bonds. The van der Waals surface area contributed by atoms with Crippen molar-refractivity contribution in [3.8, 4) is 0 Å². The van der Waals surface area contributed by atoms with Crippen LogP contribution in [0.3, 0.4) is 0 Å². The lowest BCUT2D eigenvalue weighted by Gasteiger charge is -2.64. The molecule has 8 atom stereocenters. The number of carbonyl (C=O) groups is 2. The molecule has 2 aliphatic heterocycles. The minimum atomic E-state index is -0.730. The molecule has 0 aromatic rings. The van der Waals surface area contributed by atoms with Crippen molar-refractivity contribution in [2.24, 2.45) is 34.0 Å². The van der Waals surface area contributed by atoms with Crippen LogP contribution in [0.25, 0.3) is 0 Å². The van der Waals surface area contributed by atoms with Crippen LogP contribution in [-0.4, -0.2) is 34.4 Å². The Hall–Kier alpha value is -1.36. The topological polar surface area (TPSA) is 83.8 Å². The number of carboxylic acid groups (broad SMARTS) is 2. The lowest BCUT2D eigenvalue weighted by atomic mass is 9.39. The average molecular weight is 389 g/mol. The molecule has 3 aliphatic carbocycles. The SMILES string of the molecule is CC1(C(=O)O)CCC[C@@]2(C)C1CC[C@@]1(C)C3=C(CCC21)[C@@H]1O[C@@H]3C[C@@H]1C(=O)O. The van der Waals surface area contributed by atoms with Crippen molar-refractivity contribution in [2.75, 3.05) is 0 Å². The third-order valence-electron chi connectivity index (χ3n) is 9.77. The maximum atomic E-state index is 12.2. The molecule has 2 saturated carbocycles. The minimum Gasteiger partial charge on any atom is -0.481 e. The highest BCUT2D eigenvalue weighted by molar-refractivity contribution is 5.75. The summed E-state index contributed by atoms with van der Waals surface area (Å²) in [5, 5.41) is 19.6. The monoisotopic (exact) mass is 388 g/mol. The van der Waals surface area contributed by atoms with Crippen LogP contribution in [-0.2, 0) is 14.3 Å². The lowest BCUT2D eigenvalue weighted by molar-refractivity contribution is -0.175. The third kappa shape index (κ3) is 2.07. The van der Waals surface area contributed by atoms with Crippen LogP contribution in [0.5, 0.6) is 0 Å². The second kappa shape index (κ2) is 5.62. The van der Waals surface area contributed by atoms with E-state index in [0.717, 1.165) is 44.9 Å². The Morgan fingerprint density at radius 1 is 1.04 bits per heavy atom. The molecule has 154 valence electrons. The summed E-state index contributed by atoms with van der Waals surface area (Å²) in [6, 6.07) is 0. The molecule has 1 saturated heterocycles. The predicted molar refractivity (Wildman–Crippen MR) is 103 cm³/mol. The van der Waals surface area contributed by atoms with Crippen LogP contribution >= 0.6 is 0 Å². The van der Waals surface area contributed by atoms with Gasteiger partial charge in [-0.05, 0) is 85.7 Å². The Morgan fingerprint density at radius 2 is 1.79 bits per heavy atom. The second-order valence-corrected chi connectivity index (χ2v) is 10.8. The highest BCUT2D eigenvalue weighted by Crippen LogP contribution is 2.70. The van der Waals surface area contributed by atoms with Gasteiger partial charge in [-0.15, -0.1) is 0 Å². The van der Waals surface area contributed by atoms with Crippen LogP contribution in [0, 0.1) is 34.0 Å². The molecular formula is C23H32O5. The van der Waals surface area contributed by atoms with Gasteiger partial charge in [0.25, 0.3) is 0 Å². The lowest BCUT2D eigenvalue weighted by Crippen LogP contribution is -2.59. The van der Waals surface area contributed by atoms with Gasteiger partial charge >= 0.3 is 11.9 Å². The second-order valence-electron chi connectivity index (χ2n) is 10.8. The van der Waals surface area contributed by atoms with Gasteiger partial charge in [0.15, 0.2) is 0 Å². The van der Waals surface area contributed by atoms with Crippen molar-refractivity contribution in [3.63, 3.8) is 0 Å². The van der Waals surface area contributed by atoms with E-state index in [1.54, 1.807) is 0 Å². The Labute approximate surface area is 166 Å². The van der Waals surface area contributed by atoms with Crippen LogP contribution in [0.4, 0.5) is 0 Å². The number of aliphatic carboxylic acids is 2.